The normalized spacial score (nSPS) is 11.3. The molecule has 186 valence electrons. The Bertz CT molecular complexity index is 1640. The number of nitrogens with one attached hydrogen (secondary N) is 2. The van der Waals surface area contributed by atoms with E-state index >= 15 is 0 Å². The van der Waals surface area contributed by atoms with Crippen LogP contribution >= 0.6 is 11.6 Å². The number of fused-ring (bicyclic) bond motifs is 1. The maximum absolute atomic E-state index is 14.3. The molecule has 0 unspecified atom stereocenters. The maximum Gasteiger partial charge on any atom is 0.340 e. The summed E-state index contributed by atoms with van der Waals surface area (Å²) in [7, 11) is -3.27. The van der Waals surface area contributed by atoms with Gasteiger partial charge in [-0.3, -0.25) is 0 Å². The van der Waals surface area contributed by atoms with Gasteiger partial charge in [0.1, 0.15) is 16.3 Å². The van der Waals surface area contributed by atoms with E-state index in [0.29, 0.717) is 16.5 Å². The number of carbonyl (C=O) groups excluding carboxylic acids is 1. The molecule has 0 saturated heterocycles. The number of hydrogen-bond acceptors (Lipinski definition) is 8. The summed E-state index contributed by atoms with van der Waals surface area (Å²) in [6.07, 6.45) is 2.92. The highest BCUT2D eigenvalue weighted by molar-refractivity contribution is 7.90. The fourth-order valence-electron chi connectivity index (χ4n) is 3.40. The molecule has 2 aromatic carbocycles. The van der Waals surface area contributed by atoms with E-state index in [0.717, 1.165) is 12.1 Å². The van der Waals surface area contributed by atoms with Gasteiger partial charge in [0, 0.05) is 42.9 Å². The summed E-state index contributed by atoms with van der Waals surface area (Å²) >= 11 is 6.37. The zero-order valence-corrected chi connectivity index (χ0v) is 20.4. The van der Waals surface area contributed by atoms with Crippen molar-refractivity contribution in [2.75, 3.05) is 7.05 Å². The molecule has 0 atom stereocenters. The summed E-state index contributed by atoms with van der Waals surface area (Å²) in [5, 5.41) is 2.82. The number of hydrogen-bond donors (Lipinski definition) is 2. The van der Waals surface area contributed by atoms with E-state index in [1.165, 1.54) is 31.6 Å². The number of carbonyl (C=O) groups is 1. The van der Waals surface area contributed by atoms with Crippen LogP contribution in [0.2, 0.25) is 5.02 Å². The third-order valence-corrected chi connectivity index (χ3v) is 6.84. The molecule has 10 nitrogen and oxygen atoms in total. The maximum atomic E-state index is 14.3. The Morgan fingerprint density at radius 1 is 1.19 bits per heavy atom. The van der Waals surface area contributed by atoms with Gasteiger partial charge in [0.25, 0.3) is 10.0 Å². The van der Waals surface area contributed by atoms with Crippen molar-refractivity contribution in [1.82, 2.24) is 20.0 Å². The summed E-state index contributed by atoms with van der Waals surface area (Å²) in [4.78, 5) is 31.5. The fraction of sp³-hybridized carbons (Fsp3) is 0.130. The fourth-order valence-corrected chi connectivity index (χ4v) is 4.69. The van der Waals surface area contributed by atoms with Gasteiger partial charge in [0.2, 0.25) is 0 Å². The molecule has 2 amide bonds. The third kappa shape index (κ3) is 5.14. The molecular formula is C23H18ClFN4O6S. The number of nitrogens with zero attached hydrogens (tertiary/aromatic N) is 2. The van der Waals surface area contributed by atoms with Crippen molar-refractivity contribution >= 4 is 38.6 Å². The van der Waals surface area contributed by atoms with Crippen molar-refractivity contribution < 1.29 is 26.8 Å². The topological polar surface area (TPSA) is 140 Å². The Balaban J connectivity index is 1.71. The highest BCUT2D eigenvalue weighted by Gasteiger charge is 2.23. The first-order valence-electron chi connectivity index (χ1n) is 10.3. The molecule has 0 aliphatic rings. The predicted molar refractivity (Wildman–Crippen MR) is 128 cm³/mol. The minimum Gasteiger partial charge on any atom is -0.423 e. The van der Waals surface area contributed by atoms with Crippen LogP contribution in [0.3, 0.4) is 0 Å². The molecule has 0 fully saturated rings. The molecule has 0 aliphatic heterocycles. The van der Waals surface area contributed by atoms with Crippen LogP contribution in [-0.2, 0) is 16.4 Å². The second-order valence-electron chi connectivity index (χ2n) is 7.53. The molecule has 36 heavy (non-hydrogen) atoms. The molecule has 0 spiro atoms. The number of benzene rings is 2. The van der Waals surface area contributed by atoms with Crippen LogP contribution in [-0.4, -0.2) is 31.5 Å². The Morgan fingerprint density at radius 3 is 2.61 bits per heavy atom. The number of halogens is 2. The van der Waals surface area contributed by atoms with Gasteiger partial charge in [-0.2, -0.15) is 0 Å². The number of rotatable bonds is 6. The minimum atomic E-state index is -4.49. The number of aromatic nitrogens is 2. The van der Waals surface area contributed by atoms with Gasteiger partial charge in [-0.15, -0.1) is 0 Å². The monoisotopic (exact) mass is 532 g/mol. The van der Waals surface area contributed by atoms with Gasteiger partial charge < -0.3 is 14.5 Å². The van der Waals surface area contributed by atoms with Crippen LogP contribution in [0.5, 0.6) is 11.8 Å². The third-order valence-electron chi connectivity index (χ3n) is 5.20. The van der Waals surface area contributed by atoms with Crippen molar-refractivity contribution in [3.05, 3.63) is 86.7 Å². The van der Waals surface area contributed by atoms with Crippen molar-refractivity contribution in [2.45, 2.75) is 18.2 Å². The van der Waals surface area contributed by atoms with Crippen LogP contribution in [0, 0.1) is 12.7 Å². The molecule has 0 radical (unpaired) electrons. The van der Waals surface area contributed by atoms with Gasteiger partial charge >= 0.3 is 17.7 Å². The lowest BCUT2D eigenvalue weighted by Crippen LogP contribution is -2.37. The van der Waals surface area contributed by atoms with Gasteiger partial charge in [0.15, 0.2) is 5.75 Å². The summed E-state index contributed by atoms with van der Waals surface area (Å²) in [5.74, 6) is -0.873. The largest absolute Gasteiger partial charge is 0.423 e. The number of urea groups is 1. The van der Waals surface area contributed by atoms with Crippen molar-refractivity contribution in [2.24, 2.45) is 0 Å². The minimum absolute atomic E-state index is 0.0578. The average molecular weight is 533 g/mol. The molecular weight excluding hydrogens is 515 g/mol. The van der Waals surface area contributed by atoms with E-state index in [1.54, 1.807) is 23.8 Å². The van der Waals surface area contributed by atoms with Crippen LogP contribution in [0.1, 0.15) is 16.7 Å². The standard InChI is InChI=1S/C23H18ClFN4O6S/c1-12-14-10-16(24)19(35-23-27-6-3-7-28-23)11-18(14)34-21(30)15(12)8-13-4-5-17(25)20(9-13)36(32,33)29-22(31)26-2/h3-7,9-11H,8H2,1-2H3,(H2,26,29,31). The zero-order valence-electron chi connectivity index (χ0n) is 18.8. The molecule has 13 heteroatoms. The predicted octanol–water partition coefficient (Wildman–Crippen LogP) is 3.68. The summed E-state index contributed by atoms with van der Waals surface area (Å²) in [6.45, 7) is 1.68. The Kier molecular flexibility index (Phi) is 6.91. The molecule has 2 heterocycles. The van der Waals surface area contributed by atoms with Gasteiger partial charge in [0.05, 0.1) is 5.02 Å². The van der Waals surface area contributed by atoms with Crippen LogP contribution in [0.4, 0.5) is 9.18 Å². The summed E-state index contributed by atoms with van der Waals surface area (Å²) < 4.78 is 51.9. The molecule has 0 aliphatic carbocycles. The number of sulfonamides is 1. The van der Waals surface area contributed by atoms with E-state index in [1.807, 2.05) is 0 Å². The zero-order chi connectivity index (χ0) is 26.0. The molecule has 0 saturated carbocycles. The first-order chi connectivity index (χ1) is 17.1. The van der Waals surface area contributed by atoms with Gasteiger partial charge in [-0.05, 0) is 42.3 Å². The van der Waals surface area contributed by atoms with Crippen molar-refractivity contribution in [1.29, 1.82) is 0 Å². The Hall–Kier alpha value is -4.03. The lowest BCUT2D eigenvalue weighted by atomic mass is 9.99. The highest BCUT2D eigenvalue weighted by Crippen LogP contribution is 2.34. The smallest absolute Gasteiger partial charge is 0.340 e. The van der Waals surface area contributed by atoms with Crippen LogP contribution < -0.4 is 20.4 Å². The van der Waals surface area contributed by atoms with E-state index in [2.05, 4.69) is 15.3 Å². The van der Waals surface area contributed by atoms with E-state index in [4.69, 9.17) is 20.8 Å². The number of aryl methyl sites for hydroxylation is 1. The molecule has 4 rings (SSSR count). The average Bonchev–Trinajstić information content (AvgIpc) is 2.84. The lowest BCUT2D eigenvalue weighted by Gasteiger charge is -2.12. The Labute approximate surface area is 209 Å². The molecule has 0 bridgehead atoms. The second kappa shape index (κ2) is 9.91. The SMILES string of the molecule is CNC(=O)NS(=O)(=O)c1cc(Cc2c(C)c3cc(Cl)c(Oc4ncccn4)cc3oc2=O)ccc1F. The van der Waals surface area contributed by atoms with Crippen molar-refractivity contribution in [3.63, 3.8) is 0 Å². The molecule has 4 aromatic rings. The van der Waals surface area contributed by atoms with Crippen LogP contribution in [0.15, 0.2) is 62.9 Å². The number of ether oxygens (including phenoxy) is 1. The van der Waals surface area contributed by atoms with Crippen molar-refractivity contribution in [3.8, 4) is 11.8 Å². The van der Waals surface area contributed by atoms with Gasteiger partial charge in [-0.25, -0.2) is 37.1 Å². The second-order valence-corrected chi connectivity index (χ2v) is 9.59. The van der Waals surface area contributed by atoms with Gasteiger partial charge in [-0.1, -0.05) is 17.7 Å². The quantitative estimate of drug-likeness (QED) is 0.358. The molecule has 2 aromatic heterocycles. The van der Waals surface area contributed by atoms with Crippen LogP contribution in [0.25, 0.3) is 11.0 Å². The number of amides is 2. The van der Waals surface area contributed by atoms with E-state index < -0.39 is 32.4 Å². The Morgan fingerprint density at radius 2 is 1.92 bits per heavy atom. The van der Waals surface area contributed by atoms with E-state index in [9.17, 15) is 22.4 Å². The summed E-state index contributed by atoms with van der Waals surface area (Å²) in [6, 6.07) is 6.99. The lowest BCUT2D eigenvalue weighted by molar-refractivity contribution is 0.247. The summed E-state index contributed by atoms with van der Waals surface area (Å²) in [5.41, 5.74) is 0.571. The molecule has 2 N–H and O–H groups in total. The first-order valence-corrected chi connectivity index (χ1v) is 12.2. The first kappa shape index (κ1) is 25.1. The highest BCUT2D eigenvalue weighted by atomic mass is 35.5. The van der Waals surface area contributed by atoms with E-state index in [-0.39, 0.29) is 34.3 Å².